The van der Waals surface area contributed by atoms with Gasteiger partial charge in [0.15, 0.2) is 0 Å². The summed E-state index contributed by atoms with van der Waals surface area (Å²) in [5, 5.41) is 10.2. The number of hydrogen-bond acceptors (Lipinski definition) is 5. The molecule has 0 radical (unpaired) electrons. The lowest BCUT2D eigenvalue weighted by molar-refractivity contribution is 0.0845. The van der Waals surface area contributed by atoms with Crippen molar-refractivity contribution in [3.8, 4) is 5.75 Å². The number of carbonyl (C=O) groups excluding carboxylic acids is 2. The van der Waals surface area contributed by atoms with Crippen molar-refractivity contribution >= 4 is 39.1 Å². The van der Waals surface area contributed by atoms with Gasteiger partial charge in [-0.1, -0.05) is 35.4 Å². The molecule has 0 saturated carbocycles. The van der Waals surface area contributed by atoms with E-state index in [1.807, 2.05) is 0 Å². The summed E-state index contributed by atoms with van der Waals surface area (Å²) < 4.78 is 27.6. The first-order valence-corrected chi connectivity index (χ1v) is 10.8. The highest BCUT2D eigenvalue weighted by molar-refractivity contribution is 7.92. The molecule has 4 N–H and O–H groups in total. The maximum Gasteiger partial charge on any atom is 0.273 e. The number of anilines is 1. The number of amides is 2. The second-order valence-corrected chi connectivity index (χ2v) is 8.69. The predicted octanol–water partition coefficient (Wildman–Crippen LogP) is 3.23. The third-order valence-electron chi connectivity index (χ3n) is 4.17. The van der Waals surface area contributed by atoms with Gasteiger partial charge in [0.1, 0.15) is 5.75 Å². The number of rotatable bonds is 5. The second-order valence-electron chi connectivity index (χ2n) is 6.57. The highest BCUT2D eigenvalue weighted by Crippen LogP contribution is 2.20. The van der Waals surface area contributed by atoms with Gasteiger partial charge >= 0.3 is 0 Å². The summed E-state index contributed by atoms with van der Waals surface area (Å²) in [6.07, 6.45) is 0. The van der Waals surface area contributed by atoms with Crippen molar-refractivity contribution in [3.63, 3.8) is 0 Å². The Morgan fingerprint density at radius 3 is 2.35 bits per heavy atom. The fourth-order valence-corrected chi connectivity index (χ4v) is 3.94. The molecule has 0 aliphatic rings. The number of nitrogens with one attached hydrogen (secondary N) is 3. The Bertz CT molecular complexity index is 1260. The molecule has 0 aliphatic carbocycles. The van der Waals surface area contributed by atoms with Crippen molar-refractivity contribution in [1.29, 1.82) is 0 Å². The standard InChI is InChI=1S/C21H18ClN3O5S/c1-13-8-9-19(26)18(10-13)21(28)24-23-20(27)14-4-2-7-17(11-14)31(29,30)25-16-6-3-5-15(22)12-16/h2-12,25-26H,1H3,(H,23,27)(H,24,28). The third-order valence-corrected chi connectivity index (χ3v) is 5.78. The quantitative estimate of drug-likeness (QED) is 0.436. The van der Waals surface area contributed by atoms with E-state index in [9.17, 15) is 23.1 Å². The number of hydrogen-bond donors (Lipinski definition) is 4. The zero-order chi connectivity index (χ0) is 22.6. The predicted molar refractivity (Wildman–Crippen MR) is 116 cm³/mol. The smallest absolute Gasteiger partial charge is 0.273 e. The van der Waals surface area contributed by atoms with E-state index < -0.39 is 21.8 Å². The molecule has 0 bridgehead atoms. The van der Waals surface area contributed by atoms with E-state index in [2.05, 4.69) is 15.6 Å². The first-order valence-electron chi connectivity index (χ1n) is 8.94. The van der Waals surface area contributed by atoms with Gasteiger partial charge in [0.05, 0.1) is 16.1 Å². The minimum atomic E-state index is -3.98. The average molecular weight is 460 g/mol. The molecule has 0 atom stereocenters. The number of aromatic hydroxyl groups is 1. The van der Waals surface area contributed by atoms with E-state index in [4.69, 9.17) is 11.6 Å². The van der Waals surface area contributed by atoms with Crippen LogP contribution in [0.25, 0.3) is 0 Å². The van der Waals surface area contributed by atoms with Gasteiger partial charge in [0.25, 0.3) is 21.8 Å². The first kappa shape index (κ1) is 22.1. The average Bonchev–Trinajstić information content (AvgIpc) is 2.73. The van der Waals surface area contributed by atoms with Crippen LogP contribution in [0.15, 0.2) is 71.6 Å². The van der Waals surface area contributed by atoms with Crippen LogP contribution in [-0.4, -0.2) is 25.3 Å². The Kier molecular flexibility index (Phi) is 6.47. The minimum Gasteiger partial charge on any atom is -0.507 e. The summed E-state index contributed by atoms with van der Waals surface area (Å²) in [6, 6.07) is 15.9. The van der Waals surface area contributed by atoms with Crippen molar-refractivity contribution in [3.05, 3.63) is 88.4 Å². The van der Waals surface area contributed by atoms with Crippen LogP contribution in [-0.2, 0) is 10.0 Å². The van der Waals surface area contributed by atoms with Gasteiger partial charge in [0.2, 0.25) is 0 Å². The summed E-state index contributed by atoms with van der Waals surface area (Å²) in [4.78, 5) is 24.5. The summed E-state index contributed by atoms with van der Waals surface area (Å²) in [7, 11) is -3.98. The fourth-order valence-electron chi connectivity index (χ4n) is 2.66. The first-order chi connectivity index (χ1) is 14.7. The van der Waals surface area contributed by atoms with E-state index in [0.29, 0.717) is 5.02 Å². The van der Waals surface area contributed by atoms with Crippen LogP contribution >= 0.6 is 11.6 Å². The van der Waals surface area contributed by atoms with Crippen molar-refractivity contribution in [2.45, 2.75) is 11.8 Å². The van der Waals surface area contributed by atoms with Crippen LogP contribution in [0, 0.1) is 6.92 Å². The van der Waals surface area contributed by atoms with Crippen LogP contribution in [0.3, 0.4) is 0 Å². The van der Waals surface area contributed by atoms with Gasteiger partial charge in [-0.25, -0.2) is 8.42 Å². The Hall–Kier alpha value is -3.56. The Morgan fingerprint density at radius 1 is 0.903 bits per heavy atom. The SMILES string of the molecule is Cc1ccc(O)c(C(=O)NNC(=O)c2cccc(S(=O)(=O)Nc3cccc(Cl)c3)c2)c1. The van der Waals surface area contributed by atoms with E-state index in [1.165, 1.54) is 48.5 Å². The lowest BCUT2D eigenvalue weighted by Gasteiger charge is -2.11. The Labute approximate surface area is 183 Å². The van der Waals surface area contributed by atoms with Crippen LogP contribution < -0.4 is 15.6 Å². The third kappa shape index (κ3) is 5.53. The molecule has 0 unspecified atom stereocenters. The number of phenols is 1. The Morgan fingerprint density at radius 2 is 1.61 bits per heavy atom. The molecule has 10 heteroatoms. The number of sulfonamides is 1. The molecule has 3 rings (SSSR count). The fraction of sp³-hybridized carbons (Fsp3) is 0.0476. The molecule has 0 spiro atoms. The van der Waals surface area contributed by atoms with Gasteiger partial charge in [-0.15, -0.1) is 0 Å². The second kappa shape index (κ2) is 9.07. The number of phenolic OH excluding ortho intramolecular Hbond substituents is 1. The maximum atomic E-state index is 12.6. The lowest BCUT2D eigenvalue weighted by Crippen LogP contribution is -2.41. The highest BCUT2D eigenvalue weighted by atomic mass is 35.5. The number of aryl methyl sites for hydroxylation is 1. The van der Waals surface area contributed by atoms with Gasteiger partial charge < -0.3 is 5.11 Å². The molecule has 0 saturated heterocycles. The van der Waals surface area contributed by atoms with E-state index >= 15 is 0 Å². The van der Waals surface area contributed by atoms with Gasteiger partial charge in [-0.05, 0) is 55.5 Å². The summed E-state index contributed by atoms with van der Waals surface area (Å²) in [5.41, 5.74) is 5.40. The molecule has 0 fully saturated rings. The maximum absolute atomic E-state index is 12.6. The molecule has 3 aromatic rings. The van der Waals surface area contributed by atoms with Crippen LogP contribution in [0.4, 0.5) is 5.69 Å². The van der Waals surface area contributed by atoms with E-state index in [1.54, 1.807) is 25.1 Å². The highest BCUT2D eigenvalue weighted by Gasteiger charge is 2.18. The van der Waals surface area contributed by atoms with Crippen molar-refractivity contribution in [1.82, 2.24) is 10.9 Å². The minimum absolute atomic E-state index is 0.00253. The van der Waals surface area contributed by atoms with E-state index in [-0.39, 0.29) is 27.5 Å². The number of benzene rings is 3. The summed E-state index contributed by atoms with van der Waals surface area (Å²) in [5.74, 6) is -1.70. The zero-order valence-electron chi connectivity index (χ0n) is 16.2. The van der Waals surface area contributed by atoms with Crippen LogP contribution in [0.1, 0.15) is 26.3 Å². The summed E-state index contributed by atoms with van der Waals surface area (Å²) in [6.45, 7) is 1.75. The molecular formula is C21H18ClN3O5S. The number of carbonyl (C=O) groups is 2. The van der Waals surface area contributed by atoms with Crippen molar-refractivity contribution in [2.24, 2.45) is 0 Å². The molecule has 0 heterocycles. The molecule has 3 aromatic carbocycles. The molecule has 0 aromatic heterocycles. The molecule has 8 nitrogen and oxygen atoms in total. The molecule has 2 amide bonds. The van der Waals surface area contributed by atoms with Crippen molar-refractivity contribution in [2.75, 3.05) is 4.72 Å². The monoisotopic (exact) mass is 459 g/mol. The molecule has 31 heavy (non-hydrogen) atoms. The molecule has 160 valence electrons. The normalized spacial score (nSPS) is 10.9. The molecule has 0 aliphatic heterocycles. The number of hydrazine groups is 1. The van der Waals surface area contributed by atoms with Gasteiger partial charge in [-0.3, -0.25) is 25.2 Å². The van der Waals surface area contributed by atoms with Gasteiger partial charge in [0, 0.05) is 10.6 Å². The van der Waals surface area contributed by atoms with Crippen LogP contribution in [0.2, 0.25) is 5.02 Å². The van der Waals surface area contributed by atoms with E-state index in [0.717, 1.165) is 5.56 Å². The number of halogens is 1. The summed E-state index contributed by atoms with van der Waals surface area (Å²) >= 11 is 5.87. The topological polar surface area (TPSA) is 125 Å². The molecular weight excluding hydrogens is 442 g/mol. The zero-order valence-corrected chi connectivity index (χ0v) is 17.8. The van der Waals surface area contributed by atoms with Gasteiger partial charge in [-0.2, -0.15) is 0 Å². The lowest BCUT2D eigenvalue weighted by atomic mass is 10.1. The van der Waals surface area contributed by atoms with Crippen molar-refractivity contribution < 1.29 is 23.1 Å². The Balaban J connectivity index is 1.72. The van der Waals surface area contributed by atoms with Crippen LogP contribution in [0.5, 0.6) is 5.75 Å². The largest absolute Gasteiger partial charge is 0.507 e.